The lowest BCUT2D eigenvalue weighted by molar-refractivity contribution is -0.119. The van der Waals surface area contributed by atoms with E-state index in [1.165, 1.54) is 34.3 Å². The number of fused-ring (bicyclic) bond motifs is 3. The Morgan fingerprint density at radius 3 is 2.32 bits per heavy atom. The van der Waals surface area contributed by atoms with Gasteiger partial charge < -0.3 is 24.8 Å². The molecule has 31 heavy (non-hydrogen) atoms. The molecule has 0 heterocycles. The highest BCUT2D eigenvalue weighted by Crippen LogP contribution is 2.50. The van der Waals surface area contributed by atoms with Gasteiger partial charge in [0.2, 0.25) is 11.7 Å². The first kappa shape index (κ1) is 22.1. The molecule has 1 aliphatic carbocycles. The predicted octanol–water partition coefficient (Wildman–Crippen LogP) is 2.22. The molecule has 0 aromatic heterocycles. The Labute approximate surface area is 180 Å². The summed E-state index contributed by atoms with van der Waals surface area (Å²) in [5, 5.41) is 5.45. The molecule has 2 amide bonds. The zero-order valence-corrected chi connectivity index (χ0v) is 18.3. The van der Waals surface area contributed by atoms with Crippen LogP contribution in [0.25, 0.3) is 11.1 Å². The van der Waals surface area contributed by atoms with E-state index in [0.29, 0.717) is 41.2 Å². The van der Waals surface area contributed by atoms with Gasteiger partial charge in [0.25, 0.3) is 5.91 Å². The lowest BCUT2D eigenvalue weighted by atomic mass is 9.95. The van der Waals surface area contributed by atoms with Gasteiger partial charge in [-0.05, 0) is 53.8 Å². The van der Waals surface area contributed by atoms with Crippen molar-refractivity contribution in [2.75, 3.05) is 28.4 Å². The number of ether oxygens (including phenoxy) is 3. The van der Waals surface area contributed by atoms with Crippen molar-refractivity contribution in [3.05, 3.63) is 51.2 Å². The number of carbonyl (C=O) groups excluding carboxylic acids is 2. The highest BCUT2D eigenvalue weighted by Gasteiger charge is 2.29. The molecule has 0 saturated heterocycles. The number of nitrogens with one attached hydrogen (secondary N) is 2. The molecular formula is C23H26N2O6. The molecule has 2 aromatic carbocycles. The molecule has 3 rings (SSSR count). The molecule has 2 N–H and O–H groups in total. The van der Waals surface area contributed by atoms with E-state index in [2.05, 4.69) is 10.6 Å². The fourth-order valence-electron chi connectivity index (χ4n) is 4.03. The minimum absolute atomic E-state index is 0.00185. The Morgan fingerprint density at radius 2 is 1.74 bits per heavy atom. The number of hydrogen-bond donors (Lipinski definition) is 2. The highest BCUT2D eigenvalue weighted by molar-refractivity contribution is 5.95. The quantitative estimate of drug-likeness (QED) is 0.760. The summed E-state index contributed by atoms with van der Waals surface area (Å²) in [4.78, 5) is 37.0. The second kappa shape index (κ2) is 9.07. The largest absolute Gasteiger partial charge is 0.493 e. The standard InChI is InChI=1S/C23H26N2O6/c1-12(26)25-17-8-6-13-10-19(29-3)21(30-4)22(31-5)20(13)14-7-9-18(27)16(11-15(14)17)23(28)24-2/h7,9-11,17H,6,8H2,1-5H3,(H,24,28)(H,25,26)/t17-/m0/s1. The summed E-state index contributed by atoms with van der Waals surface area (Å²) in [7, 11) is 6.07. The maximum atomic E-state index is 12.7. The topological polar surface area (TPSA) is 103 Å². The Balaban J connectivity index is 2.44. The molecule has 0 radical (unpaired) electrons. The first-order valence-electron chi connectivity index (χ1n) is 9.85. The first-order valence-corrected chi connectivity index (χ1v) is 9.85. The molecule has 8 heteroatoms. The minimum atomic E-state index is -0.492. The van der Waals surface area contributed by atoms with Crippen molar-refractivity contribution in [1.29, 1.82) is 0 Å². The second-order valence-corrected chi connectivity index (χ2v) is 7.17. The smallest absolute Gasteiger partial charge is 0.255 e. The lowest BCUT2D eigenvalue weighted by Gasteiger charge is -2.20. The van der Waals surface area contributed by atoms with Gasteiger partial charge in [0.15, 0.2) is 16.9 Å². The summed E-state index contributed by atoms with van der Waals surface area (Å²) in [6.45, 7) is 1.44. The highest BCUT2D eigenvalue weighted by atomic mass is 16.5. The van der Waals surface area contributed by atoms with E-state index in [1.807, 2.05) is 6.07 Å². The average molecular weight is 426 g/mol. The van der Waals surface area contributed by atoms with Crippen molar-refractivity contribution in [3.8, 4) is 28.4 Å². The van der Waals surface area contributed by atoms with Crippen LogP contribution in [-0.2, 0) is 11.2 Å². The molecule has 8 nitrogen and oxygen atoms in total. The first-order chi connectivity index (χ1) is 14.9. The van der Waals surface area contributed by atoms with Crippen LogP contribution in [-0.4, -0.2) is 40.2 Å². The molecule has 1 aliphatic rings. The molecular weight excluding hydrogens is 400 g/mol. The van der Waals surface area contributed by atoms with Gasteiger partial charge in [0.05, 0.1) is 32.9 Å². The molecule has 164 valence electrons. The molecule has 0 spiro atoms. The van der Waals surface area contributed by atoms with E-state index >= 15 is 0 Å². The van der Waals surface area contributed by atoms with Crippen LogP contribution in [0.4, 0.5) is 0 Å². The van der Waals surface area contributed by atoms with Gasteiger partial charge in [-0.2, -0.15) is 0 Å². The minimum Gasteiger partial charge on any atom is -0.493 e. The third-order valence-electron chi connectivity index (χ3n) is 5.39. The summed E-state index contributed by atoms with van der Waals surface area (Å²) in [5.74, 6) is 0.705. The van der Waals surface area contributed by atoms with Crippen LogP contribution in [0, 0.1) is 0 Å². The van der Waals surface area contributed by atoms with Gasteiger partial charge in [-0.15, -0.1) is 0 Å². The normalized spacial score (nSPS) is 14.4. The molecule has 1 atom stereocenters. The Morgan fingerprint density at radius 1 is 1.03 bits per heavy atom. The molecule has 2 aromatic rings. The molecule has 0 fully saturated rings. The van der Waals surface area contributed by atoms with Gasteiger partial charge in [-0.25, -0.2) is 0 Å². The number of rotatable bonds is 5. The van der Waals surface area contributed by atoms with E-state index < -0.39 is 17.4 Å². The summed E-state index contributed by atoms with van der Waals surface area (Å²) in [6.07, 6.45) is 1.17. The van der Waals surface area contributed by atoms with Crippen molar-refractivity contribution in [2.45, 2.75) is 25.8 Å². The van der Waals surface area contributed by atoms with Gasteiger partial charge >= 0.3 is 0 Å². The maximum Gasteiger partial charge on any atom is 0.255 e. The van der Waals surface area contributed by atoms with E-state index in [1.54, 1.807) is 19.2 Å². The monoisotopic (exact) mass is 426 g/mol. The van der Waals surface area contributed by atoms with Crippen molar-refractivity contribution < 1.29 is 23.8 Å². The van der Waals surface area contributed by atoms with Gasteiger partial charge in [0.1, 0.15) is 0 Å². The van der Waals surface area contributed by atoms with E-state index in [0.717, 1.165) is 11.1 Å². The zero-order chi connectivity index (χ0) is 22.7. The van der Waals surface area contributed by atoms with E-state index in [4.69, 9.17) is 14.2 Å². The van der Waals surface area contributed by atoms with E-state index in [-0.39, 0.29) is 11.5 Å². The fourth-order valence-corrected chi connectivity index (χ4v) is 4.03. The Hall–Kier alpha value is -3.55. The van der Waals surface area contributed by atoms with Crippen LogP contribution in [0.5, 0.6) is 17.2 Å². The SMILES string of the molecule is CNC(=O)c1cc2c(ccc1=O)-c1c(cc(OC)c(OC)c1OC)CC[C@@H]2NC(C)=O. The summed E-state index contributed by atoms with van der Waals surface area (Å²) >= 11 is 0. The Bertz CT molecular complexity index is 1100. The van der Waals surface area contributed by atoms with Gasteiger partial charge in [-0.1, -0.05) is 0 Å². The number of benzene rings is 1. The summed E-state index contributed by atoms with van der Waals surface area (Å²) in [5.41, 5.74) is 2.57. The third-order valence-corrected chi connectivity index (χ3v) is 5.39. The average Bonchev–Trinajstić information content (AvgIpc) is 3.01. The third kappa shape index (κ3) is 4.05. The summed E-state index contributed by atoms with van der Waals surface area (Å²) < 4.78 is 16.8. The predicted molar refractivity (Wildman–Crippen MR) is 116 cm³/mol. The molecule has 0 unspecified atom stereocenters. The molecule has 0 aliphatic heterocycles. The van der Waals surface area contributed by atoms with Crippen LogP contribution in [0.3, 0.4) is 0 Å². The number of aryl methyl sites for hydroxylation is 1. The number of amides is 2. The van der Waals surface area contributed by atoms with Crippen molar-refractivity contribution >= 4 is 11.8 Å². The fraction of sp³-hybridized carbons (Fsp3) is 0.348. The van der Waals surface area contributed by atoms with E-state index in [9.17, 15) is 14.4 Å². The van der Waals surface area contributed by atoms with Gasteiger partial charge in [-0.3, -0.25) is 14.4 Å². The zero-order valence-electron chi connectivity index (χ0n) is 18.3. The van der Waals surface area contributed by atoms with Crippen molar-refractivity contribution in [1.82, 2.24) is 10.6 Å². The lowest BCUT2D eigenvalue weighted by Crippen LogP contribution is -2.27. The van der Waals surface area contributed by atoms with Crippen LogP contribution < -0.4 is 30.3 Å². The molecule has 0 bridgehead atoms. The summed E-state index contributed by atoms with van der Waals surface area (Å²) in [6, 6.07) is 6.05. The Kier molecular flexibility index (Phi) is 6.48. The number of carbonyl (C=O) groups is 2. The van der Waals surface area contributed by atoms with Gasteiger partial charge in [0, 0.05) is 19.5 Å². The molecule has 0 saturated carbocycles. The van der Waals surface area contributed by atoms with Crippen molar-refractivity contribution in [2.24, 2.45) is 0 Å². The number of methoxy groups -OCH3 is 3. The maximum absolute atomic E-state index is 12.7. The second-order valence-electron chi connectivity index (χ2n) is 7.17. The van der Waals surface area contributed by atoms with Crippen LogP contribution in [0.2, 0.25) is 0 Å². The number of hydrogen-bond acceptors (Lipinski definition) is 6. The van der Waals surface area contributed by atoms with Crippen LogP contribution in [0.15, 0.2) is 29.1 Å². The van der Waals surface area contributed by atoms with Crippen molar-refractivity contribution in [3.63, 3.8) is 0 Å². The van der Waals surface area contributed by atoms with Crippen LogP contribution in [0.1, 0.15) is 40.9 Å². The van der Waals surface area contributed by atoms with Crippen LogP contribution >= 0.6 is 0 Å².